The zero-order valence-electron chi connectivity index (χ0n) is 19.7. The van der Waals surface area contributed by atoms with E-state index in [1.54, 1.807) is 6.26 Å². The Hall–Kier alpha value is -1.65. The van der Waals surface area contributed by atoms with Crippen molar-refractivity contribution in [3.63, 3.8) is 0 Å². The highest BCUT2D eigenvalue weighted by Gasteiger charge is 2.63. The van der Waals surface area contributed by atoms with E-state index in [1.807, 2.05) is 6.92 Å². The minimum Gasteiger partial charge on any atom is -0.463 e. The van der Waals surface area contributed by atoms with Crippen LogP contribution in [0.1, 0.15) is 86.0 Å². The summed E-state index contributed by atoms with van der Waals surface area (Å²) in [5.41, 5.74) is 1.07. The van der Waals surface area contributed by atoms with E-state index in [2.05, 4.69) is 13.8 Å². The molecular weight excluding hydrogens is 392 g/mol. The minimum absolute atomic E-state index is 0.0148. The number of hydrogen-bond donors (Lipinski definition) is 0. The van der Waals surface area contributed by atoms with Gasteiger partial charge in [-0.25, -0.2) is 0 Å². The van der Waals surface area contributed by atoms with Gasteiger partial charge >= 0.3 is 11.9 Å². The summed E-state index contributed by atoms with van der Waals surface area (Å²) < 4.78 is 10.7. The Morgan fingerprint density at radius 2 is 1.71 bits per heavy atom. The second-order valence-corrected chi connectivity index (χ2v) is 11.3. The first kappa shape index (κ1) is 22.5. The number of carbonyl (C=O) groups excluding carboxylic acids is 3. The zero-order chi connectivity index (χ0) is 22.6. The average Bonchev–Trinajstić information content (AvgIpc) is 3.02. The number of fused-ring (bicyclic) bond motifs is 5. The normalized spacial score (nSPS) is 44.7. The number of hydrogen-bond acceptors (Lipinski definition) is 5. The Balaban J connectivity index is 1.56. The molecule has 0 radical (unpaired) electrons. The minimum atomic E-state index is -0.297. The van der Waals surface area contributed by atoms with E-state index in [0.29, 0.717) is 35.9 Å². The maximum atomic E-state index is 13.7. The molecule has 0 saturated heterocycles. The molecule has 5 nitrogen and oxygen atoms in total. The van der Waals surface area contributed by atoms with Gasteiger partial charge in [0.05, 0.1) is 6.26 Å². The molecule has 0 spiro atoms. The molecule has 4 fully saturated rings. The highest BCUT2D eigenvalue weighted by Crippen LogP contribution is 2.67. The summed E-state index contributed by atoms with van der Waals surface area (Å²) in [7, 11) is 0. The van der Waals surface area contributed by atoms with Crippen molar-refractivity contribution in [1.29, 1.82) is 0 Å². The first-order valence-electron chi connectivity index (χ1n) is 12.1. The predicted octanol–water partition coefficient (Wildman–Crippen LogP) is 5.22. The van der Waals surface area contributed by atoms with Crippen LogP contribution in [0.25, 0.3) is 0 Å². The van der Waals surface area contributed by atoms with Gasteiger partial charge in [-0.3, -0.25) is 14.4 Å². The molecule has 4 aliphatic carbocycles. The third kappa shape index (κ3) is 3.76. The summed E-state index contributed by atoms with van der Waals surface area (Å²) in [5, 5.41) is 0. The molecule has 4 saturated carbocycles. The molecule has 0 aromatic carbocycles. The van der Waals surface area contributed by atoms with E-state index in [-0.39, 0.29) is 34.8 Å². The number of rotatable bonds is 3. The Bertz CT molecular complexity index is 800. The van der Waals surface area contributed by atoms with Gasteiger partial charge in [-0.15, -0.1) is 0 Å². The Morgan fingerprint density at radius 1 is 0.968 bits per heavy atom. The van der Waals surface area contributed by atoms with E-state index in [0.717, 1.165) is 50.5 Å². The van der Waals surface area contributed by atoms with Crippen LogP contribution in [0.5, 0.6) is 0 Å². The van der Waals surface area contributed by atoms with Crippen molar-refractivity contribution in [2.45, 2.75) is 92.1 Å². The molecule has 0 N–H and O–H groups in total. The van der Waals surface area contributed by atoms with Crippen molar-refractivity contribution in [2.75, 3.05) is 0 Å². The van der Waals surface area contributed by atoms with Gasteiger partial charge < -0.3 is 9.47 Å². The molecule has 5 heteroatoms. The molecule has 4 rings (SSSR count). The second-order valence-electron chi connectivity index (χ2n) is 11.3. The summed E-state index contributed by atoms with van der Waals surface area (Å²) in [4.78, 5) is 36.5. The van der Waals surface area contributed by atoms with E-state index >= 15 is 0 Å². The fraction of sp³-hybridized carbons (Fsp3) is 0.808. The summed E-state index contributed by atoms with van der Waals surface area (Å²) in [6.07, 6.45) is 9.45. The molecular formula is C26H38O5. The first-order valence-corrected chi connectivity index (χ1v) is 12.1. The summed E-state index contributed by atoms with van der Waals surface area (Å²) in [5.74, 6) is 1.84. The third-order valence-electron chi connectivity index (χ3n) is 9.59. The molecule has 0 aliphatic heterocycles. The van der Waals surface area contributed by atoms with Gasteiger partial charge in [-0.2, -0.15) is 0 Å². The van der Waals surface area contributed by atoms with Crippen molar-refractivity contribution >= 4 is 17.7 Å². The van der Waals surface area contributed by atoms with Crippen LogP contribution in [0.2, 0.25) is 0 Å². The molecule has 0 unspecified atom stereocenters. The predicted molar refractivity (Wildman–Crippen MR) is 117 cm³/mol. The van der Waals surface area contributed by atoms with Crippen LogP contribution in [-0.2, 0) is 23.9 Å². The van der Waals surface area contributed by atoms with Gasteiger partial charge in [0.2, 0.25) is 0 Å². The molecule has 8 atom stereocenters. The van der Waals surface area contributed by atoms with E-state index < -0.39 is 0 Å². The molecule has 0 aromatic rings. The topological polar surface area (TPSA) is 69.7 Å². The maximum absolute atomic E-state index is 13.7. The molecule has 31 heavy (non-hydrogen) atoms. The Kier molecular flexibility index (Phi) is 5.85. The van der Waals surface area contributed by atoms with Crippen LogP contribution >= 0.6 is 0 Å². The smallest absolute Gasteiger partial charge is 0.307 e. The van der Waals surface area contributed by atoms with Gasteiger partial charge in [0.25, 0.3) is 0 Å². The average molecular weight is 431 g/mol. The molecule has 0 bridgehead atoms. The summed E-state index contributed by atoms with van der Waals surface area (Å²) >= 11 is 0. The van der Waals surface area contributed by atoms with Gasteiger partial charge in [-0.05, 0) is 91.9 Å². The lowest BCUT2D eigenvalue weighted by Crippen LogP contribution is -2.57. The fourth-order valence-electron chi connectivity index (χ4n) is 8.38. The number of Topliss-reactive ketones (excluding diaryl/α,β-unsaturated/α-hetero) is 1. The number of carbonyl (C=O) groups is 3. The highest BCUT2D eigenvalue weighted by atomic mass is 16.5. The van der Waals surface area contributed by atoms with E-state index in [1.165, 1.54) is 13.8 Å². The molecule has 172 valence electrons. The lowest BCUT2D eigenvalue weighted by molar-refractivity contribution is -0.168. The lowest BCUT2D eigenvalue weighted by Gasteiger charge is -2.60. The molecule has 0 amide bonds. The van der Waals surface area contributed by atoms with Crippen molar-refractivity contribution in [1.82, 2.24) is 0 Å². The fourth-order valence-corrected chi connectivity index (χ4v) is 8.38. The summed E-state index contributed by atoms with van der Waals surface area (Å²) in [6, 6.07) is 0. The van der Waals surface area contributed by atoms with Crippen LogP contribution in [-0.4, -0.2) is 23.8 Å². The van der Waals surface area contributed by atoms with Crippen molar-refractivity contribution in [3.05, 3.63) is 11.8 Å². The summed E-state index contributed by atoms with van der Waals surface area (Å²) in [6.45, 7) is 9.61. The van der Waals surface area contributed by atoms with Gasteiger partial charge in [0.15, 0.2) is 0 Å². The van der Waals surface area contributed by atoms with Crippen LogP contribution in [0.15, 0.2) is 11.8 Å². The van der Waals surface area contributed by atoms with E-state index in [4.69, 9.17) is 9.47 Å². The third-order valence-corrected chi connectivity index (χ3v) is 9.59. The monoisotopic (exact) mass is 430 g/mol. The molecule has 0 heterocycles. The van der Waals surface area contributed by atoms with Crippen LogP contribution in [0, 0.1) is 40.4 Å². The number of ketones is 1. The van der Waals surface area contributed by atoms with Gasteiger partial charge in [0, 0.05) is 26.2 Å². The largest absolute Gasteiger partial charge is 0.463 e. The van der Waals surface area contributed by atoms with E-state index in [9.17, 15) is 14.4 Å². The van der Waals surface area contributed by atoms with Gasteiger partial charge in [-0.1, -0.05) is 13.8 Å². The Morgan fingerprint density at radius 3 is 2.39 bits per heavy atom. The lowest BCUT2D eigenvalue weighted by atomic mass is 9.44. The number of esters is 2. The van der Waals surface area contributed by atoms with Crippen LogP contribution in [0.4, 0.5) is 0 Å². The number of ether oxygens (including phenoxy) is 2. The SMILES string of the molecule is CC(=O)O/C=C(\C)[C@@H]1CC[C@@H]2[C@H]3CC[C@H]4C[C@H](OC(C)=O)CC[C@]4(C)[C@@H]3C(=O)C[C@]21C. The van der Waals surface area contributed by atoms with Gasteiger partial charge in [0.1, 0.15) is 11.9 Å². The quantitative estimate of drug-likeness (QED) is 0.453. The molecule has 4 aliphatic rings. The zero-order valence-corrected chi connectivity index (χ0v) is 19.7. The first-order chi connectivity index (χ1) is 14.6. The number of allylic oxidation sites excluding steroid dienone is 1. The standard InChI is InChI=1S/C26H38O5/c1-15(14-30-16(2)27)21-8-9-22-20-7-6-18-12-19(31-17(3)28)10-11-25(18,4)24(20)23(29)13-26(21,22)5/h14,18-22,24H,6-13H2,1-5H3/b15-14+/t18-,19+,20+,21-,22+,24-,25-,26-/m0/s1. The van der Waals surface area contributed by atoms with Crippen LogP contribution < -0.4 is 0 Å². The highest BCUT2D eigenvalue weighted by molar-refractivity contribution is 5.84. The second kappa shape index (κ2) is 8.04. The van der Waals surface area contributed by atoms with Crippen molar-refractivity contribution in [2.24, 2.45) is 40.4 Å². The van der Waals surface area contributed by atoms with Crippen molar-refractivity contribution < 1.29 is 23.9 Å². The molecule has 0 aromatic heterocycles. The van der Waals surface area contributed by atoms with Crippen molar-refractivity contribution in [3.8, 4) is 0 Å². The maximum Gasteiger partial charge on any atom is 0.307 e. The Labute approximate surface area is 186 Å². The van der Waals surface area contributed by atoms with Crippen LogP contribution in [0.3, 0.4) is 0 Å².